The zero-order chi connectivity index (χ0) is 13.2. The van der Waals surface area contributed by atoms with Crippen molar-refractivity contribution in [3.63, 3.8) is 0 Å². The number of rotatable bonds is 2. The maximum absolute atomic E-state index is 12.3. The van der Waals surface area contributed by atoms with E-state index in [-0.39, 0.29) is 11.8 Å². The average molecular weight is 254 g/mol. The molecule has 0 unspecified atom stereocenters. The molecular formula is C16H18N2O. The molecule has 1 saturated heterocycles. The molecule has 2 aromatic rings. The third kappa shape index (κ3) is 2.34. The van der Waals surface area contributed by atoms with Crippen molar-refractivity contribution in [3.8, 4) is 0 Å². The number of benzene rings is 2. The van der Waals surface area contributed by atoms with E-state index in [1.807, 2.05) is 30.3 Å². The van der Waals surface area contributed by atoms with Crippen molar-refractivity contribution in [2.75, 3.05) is 18.4 Å². The molecule has 0 saturated carbocycles. The number of fused-ring (bicyclic) bond motifs is 1. The average Bonchev–Trinajstić information content (AvgIpc) is 2.85. The molecule has 2 aromatic carbocycles. The van der Waals surface area contributed by atoms with E-state index in [4.69, 9.17) is 0 Å². The number of nitrogens with one attached hydrogen (secondary N) is 2. The van der Waals surface area contributed by atoms with Gasteiger partial charge in [0.2, 0.25) is 5.91 Å². The highest BCUT2D eigenvalue weighted by Crippen LogP contribution is 2.25. The second-order valence-electron chi connectivity index (χ2n) is 5.26. The number of carbonyl (C=O) groups excluding carboxylic acids is 1. The van der Waals surface area contributed by atoms with Crippen LogP contribution in [0.25, 0.3) is 10.8 Å². The fourth-order valence-corrected chi connectivity index (χ4v) is 2.72. The highest BCUT2D eigenvalue weighted by molar-refractivity contribution is 6.03. The lowest BCUT2D eigenvalue weighted by atomic mass is 9.97. The van der Waals surface area contributed by atoms with Crippen LogP contribution in [0.3, 0.4) is 0 Å². The molecule has 1 aliphatic heterocycles. The lowest BCUT2D eigenvalue weighted by Crippen LogP contribution is -2.27. The van der Waals surface area contributed by atoms with Gasteiger partial charge in [0.1, 0.15) is 0 Å². The largest absolute Gasteiger partial charge is 0.325 e. The van der Waals surface area contributed by atoms with E-state index in [1.165, 1.54) is 0 Å². The van der Waals surface area contributed by atoms with Crippen molar-refractivity contribution in [1.29, 1.82) is 0 Å². The molecule has 0 bridgehead atoms. The molecule has 1 amide bonds. The molecule has 3 heteroatoms. The van der Waals surface area contributed by atoms with E-state index in [2.05, 4.69) is 29.7 Å². The molecular weight excluding hydrogens is 236 g/mol. The summed E-state index contributed by atoms with van der Waals surface area (Å²) in [7, 11) is 0. The summed E-state index contributed by atoms with van der Waals surface area (Å²) in [5.74, 6) is 0.586. The topological polar surface area (TPSA) is 41.1 Å². The third-order valence-electron chi connectivity index (χ3n) is 3.90. The minimum absolute atomic E-state index is 0.0685. The maximum Gasteiger partial charge on any atom is 0.229 e. The Morgan fingerprint density at radius 1 is 1.16 bits per heavy atom. The summed E-state index contributed by atoms with van der Waals surface area (Å²) >= 11 is 0. The van der Waals surface area contributed by atoms with Crippen LogP contribution in [0.2, 0.25) is 0 Å². The van der Waals surface area contributed by atoms with Gasteiger partial charge in [0.25, 0.3) is 0 Å². The highest BCUT2D eigenvalue weighted by Gasteiger charge is 2.29. The molecule has 0 aromatic heterocycles. The Morgan fingerprint density at radius 2 is 1.95 bits per heavy atom. The van der Waals surface area contributed by atoms with E-state index in [1.54, 1.807) is 0 Å². The van der Waals surface area contributed by atoms with Crippen molar-refractivity contribution >= 4 is 22.4 Å². The molecule has 98 valence electrons. The lowest BCUT2D eigenvalue weighted by Gasteiger charge is -2.15. The van der Waals surface area contributed by atoms with E-state index in [0.29, 0.717) is 5.92 Å². The Bertz CT molecular complexity index is 603. The van der Waals surface area contributed by atoms with Gasteiger partial charge >= 0.3 is 0 Å². The van der Waals surface area contributed by atoms with Crippen LogP contribution in [0.1, 0.15) is 6.92 Å². The standard InChI is InChI=1S/C16H18N2O/c1-11-9-17-10-14(11)16(19)18-15-8-4-6-12-5-2-3-7-13(12)15/h2-8,11,14,17H,9-10H2,1H3,(H,18,19)/t11-,14-/m1/s1. The summed E-state index contributed by atoms with van der Waals surface area (Å²) in [5.41, 5.74) is 0.905. The second-order valence-corrected chi connectivity index (χ2v) is 5.26. The number of hydrogen-bond donors (Lipinski definition) is 2. The predicted molar refractivity (Wildman–Crippen MR) is 78.1 cm³/mol. The quantitative estimate of drug-likeness (QED) is 0.865. The maximum atomic E-state index is 12.3. The van der Waals surface area contributed by atoms with Gasteiger partial charge in [-0.1, -0.05) is 43.3 Å². The number of carbonyl (C=O) groups is 1. The predicted octanol–water partition coefficient (Wildman–Crippen LogP) is 2.63. The van der Waals surface area contributed by atoms with Crippen molar-refractivity contribution in [2.45, 2.75) is 6.92 Å². The van der Waals surface area contributed by atoms with Crippen LogP contribution in [0.5, 0.6) is 0 Å². The minimum atomic E-state index is 0.0685. The molecule has 2 N–H and O–H groups in total. The normalized spacial score (nSPS) is 22.6. The minimum Gasteiger partial charge on any atom is -0.325 e. The Labute approximate surface area is 113 Å². The molecule has 1 aliphatic rings. The third-order valence-corrected chi connectivity index (χ3v) is 3.90. The highest BCUT2D eigenvalue weighted by atomic mass is 16.1. The van der Waals surface area contributed by atoms with Gasteiger partial charge in [-0.25, -0.2) is 0 Å². The first kappa shape index (κ1) is 12.2. The van der Waals surface area contributed by atoms with Gasteiger partial charge in [0.05, 0.1) is 5.92 Å². The summed E-state index contributed by atoms with van der Waals surface area (Å²) in [5, 5.41) is 8.59. The molecule has 0 aliphatic carbocycles. The van der Waals surface area contributed by atoms with E-state index in [0.717, 1.165) is 29.5 Å². The first-order chi connectivity index (χ1) is 9.25. The summed E-state index contributed by atoms with van der Waals surface area (Å²) in [4.78, 5) is 12.3. The fourth-order valence-electron chi connectivity index (χ4n) is 2.72. The van der Waals surface area contributed by atoms with Gasteiger partial charge in [0, 0.05) is 17.6 Å². The van der Waals surface area contributed by atoms with E-state index >= 15 is 0 Å². The summed E-state index contributed by atoms with van der Waals surface area (Å²) < 4.78 is 0. The van der Waals surface area contributed by atoms with Gasteiger partial charge in [-0.2, -0.15) is 0 Å². The van der Waals surface area contributed by atoms with Gasteiger partial charge in [-0.15, -0.1) is 0 Å². The van der Waals surface area contributed by atoms with Crippen molar-refractivity contribution in [1.82, 2.24) is 5.32 Å². The van der Waals surface area contributed by atoms with E-state index < -0.39 is 0 Å². The Balaban J connectivity index is 1.87. The molecule has 19 heavy (non-hydrogen) atoms. The van der Waals surface area contributed by atoms with Crippen molar-refractivity contribution in [2.24, 2.45) is 11.8 Å². The Hall–Kier alpha value is -1.87. The summed E-state index contributed by atoms with van der Waals surface area (Å²) in [6, 6.07) is 14.1. The molecule has 2 atom stereocenters. The van der Waals surface area contributed by atoms with Gasteiger partial charge in [-0.05, 0) is 23.9 Å². The van der Waals surface area contributed by atoms with Gasteiger partial charge in [-0.3, -0.25) is 4.79 Å². The van der Waals surface area contributed by atoms with Crippen LogP contribution < -0.4 is 10.6 Å². The van der Waals surface area contributed by atoms with Crippen LogP contribution in [0.15, 0.2) is 42.5 Å². The van der Waals surface area contributed by atoms with Crippen LogP contribution in [0, 0.1) is 11.8 Å². The molecule has 1 heterocycles. The molecule has 0 spiro atoms. The van der Waals surface area contributed by atoms with Crippen LogP contribution in [-0.2, 0) is 4.79 Å². The number of anilines is 1. The molecule has 0 radical (unpaired) electrons. The van der Waals surface area contributed by atoms with E-state index in [9.17, 15) is 4.79 Å². The lowest BCUT2D eigenvalue weighted by molar-refractivity contribution is -0.120. The first-order valence-corrected chi connectivity index (χ1v) is 6.75. The number of hydrogen-bond acceptors (Lipinski definition) is 2. The van der Waals surface area contributed by atoms with Crippen LogP contribution in [-0.4, -0.2) is 19.0 Å². The monoisotopic (exact) mass is 254 g/mol. The summed E-state index contributed by atoms with van der Waals surface area (Å²) in [6.07, 6.45) is 0. The van der Waals surface area contributed by atoms with Crippen molar-refractivity contribution < 1.29 is 4.79 Å². The molecule has 3 rings (SSSR count). The molecule has 1 fully saturated rings. The Morgan fingerprint density at radius 3 is 2.74 bits per heavy atom. The number of amides is 1. The SMILES string of the molecule is C[C@@H]1CNC[C@H]1C(=O)Nc1cccc2ccccc12. The van der Waals surface area contributed by atoms with Gasteiger partial charge < -0.3 is 10.6 Å². The second kappa shape index (κ2) is 5.02. The van der Waals surface area contributed by atoms with Crippen LogP contribution in [0.4, 0.5) is 5.69 Å². The fraction of sp³-hybridized carbons (Fsp3) is 0.312. The zero-order valence-corrected chi connectivity index (χ0v) is 11.0. The Kier molecular flexibility index (Phi) is 3.22. The molecule has 3 nitrogen and oxygen atoms in total. The first-order valence-electron chi connectivity index (χ1n) is 6.75. The van der Waals surface area contributed by atoms with Crippen molar-refractivity contribution in [3.05, 3.63) is 42.5 Å². The smallest absolute Gasteiger partial charge is 0.229 e. The summed E-state index contributed by atoms with van der Waals surface area (Å²) in [6.45, 7) is 3.82. The van der Waals surface area contributed by atoms with Crippen LogP contribution >= 0.6 is 0 Å². The zero-order valence-electron chi connectivity index (χ0n) is 11.0. The van der Waals surface area contributed by atoms with Gasteiger partial charge in [0.15, 0.2) is 0 Å².